The molecular formula is C66H127NO5. The Bertz CT molecular complexity index is 1120. The molecule has 0 rings (SSSR count). The van der Waals surface area contributed by atoms with E-state index >= 15 is 0 Å². The van der Waals surface area contributed by atoms with Crippen molar-refractivity contribution in [2.24, 2.45) is 0 Å². The van der Waals surface area contributed by atoms with Crippen molar-refractivity contribution in [3.8, 4) is 0 Å². The van der Waals surface area contributed by atoms with Crippen molar-refractivity contribution in [2.45, 2.75) is 373 Å². The van der Waals surface area contributed by atoms with Crippen LogP contribution in [-0.4, -0.2) is 47.4 Å². The summed E-state index contributed by atoms with van der Waals surface area (Å²) in [6.07, 6.45) is 76.5. The van der Waals surface area contributed by atoms with Crippen molar-refractivity contribution in [1.82, 2.24) is 5.32 Å². The highest BCUT2D eigenvalue weighted by molar-refractivity contribution is 5.76. The zero-order chi connectivity index (χ0) is 52.2. The van der Waals surface area contributed by atoms with E-state index in [4.69, 9.17) is 4.74 Å². The van der Waals surface area contributed by atoms with Gasteiger partial charge in [-0.1, -0.05) is 314 Å². The van der Waals surface area contributed by atoms with Gasteiger partial charge < -0.3 is 20.3 Å². The number of hydrogen-bond donors (Lipinski definition) is 3. The Morgan fingerprint density at radius 3 is 0.986 bits per heavy atom. The third-order valence-electron chi connectivity index (χ3n) is 15.2. The highest BCUT2D eigenvalue weighted by Crippen LogP contribution is 2.18. The molecule has 426 valence electrons. The van der Waals surface area contributed by atoms with E-state index in [0.717, 1.165) is 70.6 Å². The summed E-state index contributed by atoms with van der Waals surface area (Å²) in [6.45, 7) is 4.90. The first-order chi connectivity index (χ1) is 35.5. The predicted octanol–water partition coefficient (Wildman–Crippen LogP) is 20.6. The highest BCUT2D eigenvalue weighted by Gasteiger charge is 2.18. The Morgan fingerprint density at radius 1 is 0.375 bits per heavy atom. The van der Waals surface area contributed by atoms with Gasteiger partial charge in [0.05, 0.1) is 25.4 Å². The fourth-order valence-electron chi connectivity index (χ4n) is 10.2. The second-order valence-electron chi connectivity index (χ2n) is 22.5. The van der Waals surface area contributed by atoms with E-state index in [2.05, 4.69) is 31.3 Å². The molecule has 0 spiro atoms. The zero-order valence-electron chi connectivity index (χ0n) is 48.7. The zero-order valence-corrected chi connectivity index (χ0v) is 48.7. The van der Waals surface area contributed by atoms with Gasteiger partial charge in [0.2, 0.25) is 5.91 Å². The van der Waals surface area contributed by atoms with E-state index < -0.39 is 12.1 Å². The number of aliphatic hydroxyl groups excluding tert-OH is 2. The van der Waals surface area contributed by atoms with Gasteiger partial charge in [-0.15, -0.1) is 0 Å². The Balaban J connectivity index is 3.48. The first kappa shape index (κ1) is 70.3. The van der Waals surface area contributed by atoms with E-state index in [1.807, 2.05) is 6.08 Å². The maximum atomic E-state index is 12.5. The number of nitrogens with one attached hydrogen (secondary N) is 1. The van der Waals surface area contributed by atoms with E-state index in [1.54, 1.807) is 6.08 Å². The van der Waals surface area contributed by atoms with Crippen LogP contribution in [0.15, 0.2) is 24.3 Å². The average molecular weight is 1010 g/mol. The maximum absolute atomic E-state index is 12.5. The maximum Gasteiger partial charge on any atom is 0.305 e. The molecule has 0 aromatic rings. The first-order valence-corrected chi connectivity index (χ1v) is 32.6. The molecule has 6 heteroatoms. The van der Waals surface area contributed by atoms with E-state index in [-0.39, 0.29) is 18.5 Å². The van der Waals surface area contributed by atoms with Gasteiger partial charge in [0.15, 0.2) is 0 Å². The lowest BCUT2D eigenvalue weighted by Crippen LogP contribution is -2.45. The largest absolute Gasteiger partial charge is 0.466 e. The third kappa shape index (κ3) is 57.6. The van der Waals surface area contributed by atoms with Crippen molar-refractivity contribution in [3.05, 3.63) is 24.3 Å². The number of unbranched alkanes of at least 4 members (excludes halogenated alkanes) is 48. The molecule has 0 aromatic heterocycles. The van der Waals surface area contributed by atoms with Crippen LogP contribution in [0.25, 0.3) is 0 Å². The lowest BCUT2D eigenvalue weighted by Gasteiger charge is -2.20. The SMILES string of the molecule is CCCCCCCCCCCCCCCCCCCCCCCC/C=C/C(O)C(CO)NC(=O)CCCCCCCCC/C=C\CCCCCCOC(=O)CCCCCCCCCCCCCCCCCC. The molecule has 0 aromatic carbocycles. The van der Waals surface area contributed by atoms with Gasteiger partial charge in [-0.2, -0.15) is 0 Å². The van der Waals surface area contributed by atoms with Crippen LogP contribution in [0.3, 0.4) is 0 Å². The summed E-state index contributed by atoms with van der Waals surface area (Å²) in [5.41, 5.74) is 0. The van der Waals surface area contributed by atoms with Crippen molar-refractivity contribution in [1.29, 1.82) is 0 Å². The van der Waals surface area contributed by atoms with E-state index in [0.29, 0.717) is 19.4 Å². The molecule has 0 radical (unpaired) electrons. The van der Waals surface area contributed by atoms with Crippen molar-refractivity contribution >= 4 is 11.9 Å². The minimum atomic E-state index is -0.856. The fourth-order valence-corrected chi connectivity index (χ4v) is 10.2. The molecule has 0 aliphatic carbocycles. The van der Waals surface area contributed by atoms with Crippen molar-refractivity contribution in [3.63, 3.8) is 0 Å². The van der Waals surface area contributed by atoms with Crippen LogP contribution in [0.2, 0.25) is 0 Å². The number of rotatable bonds is 61. The van der Waals surface area contributed by atoms with Crippen LogP contribution in [0.5, 0.6) is 0 Å². The van der Waals surface area contributed by atoms with Gasteiger partial charge in [0, 0.05) is 12.8 Å². The molecular weight excluding hydrogens is 887 g/mol. The molecule has 72 heavy (non-hydrogen) atoms. The summed E-state index contributed by atoms with van der Waals surface area (Å²) < 4.78 is 5.48. The quantitative estimate of drug-likeness (QED) is 0.0320. The van der Waals surface area contributed by atoms with Gasteiger partial charge in [0.25, 0.3) is 0 Å². The van der Waals surface area contributed by atoms with Crippen LogP contribution in [-0.2, 0) is 14.3 Å². The number of amides is 1. The molecule has 0 saturated carbocycles. The van der Waals surface area contributed by atoms with E-state index in [9.17, 15) is 19.8 Å². The number of ether oxygens (including phenoxy) is 1. The molecule has 0 heterocycles. The standard InChI is InChI=1S/C66H127NO5/c1-3-5-7-9-11-13-15-17-19-21-22-23-24-25-26-27-28-30-34-38-42-46-50-54-58-64(69)63(62-68)67-65(70)59-55-51-47-43-39-35-31-29-33-37-41-45-49-53-57-61-72-66(71)60-56-52-48-44-40-36-32-20-18-16-14-12-10-8-6-4-2/h33,37,54,58,63-64,68-69H,3-32,34-36,38-53,55-57,59-62H2,1-2H3,(H,67,70)/b37-33-,58-54+. The number of aliphatic hydroxyl groups is 2. The number of carbonyl (C=O) groups excluding carboxylic acids is 2. The number of allylic oxidation sites excluding steroid dienone is 3. The van der Waals surface area contributed by atoms with Crippen molar-refractivity contribution in [2.75, 3.05) is 13.2 Å². The minimum Gasteiger partial charge on any atom is -0.466 e. The smallest absolute Gasteiger partial charge is 0.305 e. The second-order valence-corrected chi connectivity index (χ2v) is 22.5. The summed E-state index contributed by atoms with van der Waals surface area (Å²) >= 11 is 0. The average Bonchev–Trinajstić information content (AvgIpc) is 3.38. The molecule has 0 aliphatic rings. The summed E-state index contributed by atoms with van der Waals surface area (Å²) in [5.74, 6) is -0.0861. The number of hydrogen-bond acceptors (Lipinski definition) is 5. The highest BCUT2D eigenvalue weighted by atomic mass is 16.5. The topological polar surface area (TPSA) is 95.9 Å². The summed E-state index contributed by atoms with van der Waals surface area (Å²) in [6, 6.07) is -0.640. The van der Waals surface area contributed by atoms with Gasteiger partial charge in [0.1, 0.15) is 0 Å². The van der Waals surface area contributed by atoms with Crippen LogP contribution in [0.1, 0.15) is 361 Å². The molecule has 6 nitrogen and oxygen atoms in total. The molecule has 3 N–H and O–H groups in total. The molecule has 0 fully saturated rings. The Hall–Kier alpha value is -1.66. The van der Waals surface area contributed by atoms with Crippen molar-refractivity contribution < 1.29 is 24.5 Å². The van der Waals surface area contributed by atoms with Gasteiger partial charge >= 0.3 is 5.97 Å². The van der Waals surface area contributed by atoms with Crippen LogP contribution < -0.4 is 5.32 Å². The fraction of sp³-hybridized carbons (Fsp3) is 0.909. The van der Waals surface area contributed by atoms with Gasteiger partial charge in [-0.3, -0.25) is 9.59 Å². The normalized spacial score (nSPS) is 12.7. The van der Waals surface area contributed by atoms with E-state index in [1.165, 1.54) is 263 Å². The molecule has 0 saturated heterocycles. The van der Waals surface area contributed by atoms with Crippen LogP contribution in [0.4, 0.5) is 0 Å². The minimum absolute atomic E-state index is 0.00688. The first-order valence-electron chi connectivity index (χ1n) is 32.6. The second kappa shape index (κ2) is 61.9. The lowest BCUT2D eigenvalue weighted by molar-refractivity contribution is -0.143. The molecule has 1 amide bonds. The Morgan fingerprint density at radius 2 is 0.653 bits per heavy atom. The van der Waals surface area contributed by atoms with Crippen LogP contribution >= 0.6 is 0 Å². The lowest BCUT2D eigenvalue weighted by atomic mass is 10.0. The monoisotopic (exact) mass is 1010 g/mol. The molecule has 0 aliphatic heterocycles. The molecule has 2 atom stereocenters. The predicted molar refractivity (Wildman–Crippen MR) is 315 cm³/mol. The van der Waals surface area contributed by atoms with Crippen LogP contribution in [0, 0.1) is 0 Å². The van der Waals surface area contributed by atoms with Gasteiger partial charge in [-0.05, 0) is 57.8 Å². The summed E-state index contributed by atoms with van der Waals surface area (Å²) in [4.78, 5) is 24.6. The summed E-state index contributed by atoms with van der Waals surface area (Å²) in [7, 11) is 0. The molecule has 0 bridgehead atoms. The summed E-state index contributed by atoms with van der Waals surface area (Å²) in [5, 5.41) is 23.2. The Labute approximate surface area is 450 Å². The Kier molecular flexibility index (Phi) is 60.5. The number of carbonyl (C=O) groups is 2. The number of esters is 1. The third-order valence-corrected chi connectivity index (χ3v) is 15.2. The van der Waals surface area contributed by atoms with Gasteiger partial charge in [-0.25, -0.2) is 0 Å². The molecule has 2 unspecified atom stereocenters.